The molecule has 2 heterocycles. The summed E-state index contributed by atoms with van der Waals surface area (Å²) in [6.07, 6.45) is 1.36. The van der Waals surface area contributed by atoms with Gasteiger partial charge in [0.2, 0.25) is 0 Å². The SMILES string of the molecule is C[C@H](O)c1ccc(N2CCN(c3ccccc3)CC2)cn1. The zero-order chi connectivity index (χ0) is 14.7. The van der Waals surface area contributed by atoms with Crippen LogP contribution < -0.4 is 9.80 Å². The summed E-state index contributed by atoms with van der Waals surface area (Å²) in [5.74, 6) is 0. The van der Waals surface area contributed by atoms with Crippen molar-refractivity contribution in [2.45, 2.75) is 13.0 Å². The third-order valence-electron chi connectivity index (χ3n) is 3.96. The molecular formula is C17H21N3O. The summed E-state index contributed by atoms with van der Waals surface area (Å²) >= 11 is 0. The molecule has 1 fully saturated rings. The lowest BCUT2D eigenvalue weighted by molar-refractivity contribution is 0.194. The average molecular weight is 283 g/mol. The molecule has 0 amide bonds. The van der Waals surface area contributed by atoms with Crippen molar-refractivity contribution in [3.63, 3.8) is 0 Å². The zero-order valence-corrected chi connectivity index (χ0v) is 12.3. The topological polar surface area (TPSA) is 39.6 Å². The Balaban J connectivity index is 1.63. The standard InChI is InChI=1S/C17H21N3O/c1-14(21)17-8-7-16(13-18-17)20-11-9-19(10-12-20)15-5-3-2-4-6-15/h2-8,13-14,21H,9-12H2,1H3/t14-/m0/s1. The number of aliphatic hydroxyl groups excluding tert-OH is 1. The predicted octanol–water partition coefficient (Wildman–Crippen LogP) is 2.46. The maximum Gasteiger partial charge on any atom is 0.0931 e. The molecule has 0 unspecified atom stereocenters. The first kappa shape index (κ1) is 13.9. The highest BCUT2D eigenvalue weighted by molar-refractivity contribution is 5.50. The van der Waals surface area contributed by atoms with Gasteiger partial charge in [-0.1, -0.05) is 18.2 Å². The van der Waals surface area contributed by atoms with Crippen LogP contribution in [0.1, 0.15) is 18.7 Å². The third-order valence-corrected chi connectivity index (χ3v) is 3.96. The number of pyridine rings is 1. The summed E-state index contributed by atoms with van der Waals surface area (Å²) in [5, 5.41) is 9.50. The van der Waals surface area contributed by atoms with E-state index in [0.717, 1.165) is 37.6 Å². The maximum absolute atomic E-state index is 9.50. The molecular weight excluding hydrogens is 262 g/mol. The number of anilines is 2. The first-order valence-electron chi connectivity index (χ1n) is 7.43. The van der Waals surface area contributed by atoms with Gasteiger partial charge >= 0.3 is 0 Å². The van der Waals surface area contributed by atoms with Gasteiger partial charge in [-0.3, -0.25) is 4.98 Å². The largest absolute Gasteiger partial charge is 0.387 e. The van der Waals surface area contributed by atoms with Crippen LogP contribution in [0.4, 0.5) is 11.4 Å². The van der Waals surface area contributed by atoms with Crippen molar-refractivity contribution in [1.29, 1.82) is 0 Å². The van der Waals surface area contributed by atoms with E-state index >= 15 is 0 Å². The van der Waals surface area contributed by atoms with Crippen LogP contribution >= 0.6 is 0 Å². The van der Waals surface area contributed by atoms with Crippen LogP contribution in [0.2, 0.25) is 0 Å². The van der Waals surface area contributed by atoms with Crippen molar-refractivity contribution in [2.75, 3.05) is 36.0 Å². The van der Waals surface area contributed by atoms with Crippen LogP contribution in [-0.2, 0) is 0 Å². The minimum absolute atomic E-state index is 0.506. The summed E-state index contributed by atoms with van der Waals surface area (Å²) in [4.78, 5) is 9.08. The fourth-order valence-electron chi connectivity index (χ4n) is 2.69. The Morgan fingerprint density at radius 1 is 0.905 bits per heavy atom. The normalized spacial score (nSPS) is 16.9. The van der Waals surface area contributed by atoms with Gasteiger partial charge in [0.25, 0.3) is 0 Å². The maximum atomic E-state index is 9.50. The van der Waals surface area contributed by atoms with E-state index in [1.165, 1.54) is 5.69 Å². The molecule has 0 spiro atoms. The van der Waals surface area contributed by atoms with Crippen molar-refractivity contribution < 1.29 is 5.11 Å². The fraction of sp³-hybridized carbons (Fsp3) is 0.353. The lowest BCUT2D eigenvalue weighted by atomic mass is 10.2. The van der Waals surface area contributed by atoms with Crippen molar-refractivity contribution in [2.24, 2.45) is 0 Å². The van der Waals surface area contributed by atoms with Crippen molar-refractivity contribution in [1.82, 2.24) is 4.98 Å². The average Bonchev–Trinajstić information content (AvgIpc) is 2.56. The quantitative estimate of drug-likeness (QED) is 0.939. The van der Waals surface area contributed by atoms with Gasteiger partial charge in [-0.05, 0) is 31.2 Å². The molecule has 3 rings (SSSR count). The summed E-state index contributed by atoms with van der Waals surface area (Å²) < 4.78 is 0. The van der Waals surface area contributed by atoms with Crippen LogP contribution in [0.15, 0.2) is 48.7 Å². The van der Waals surface area contributed by atoms with E-state index in [1.807, 2.05) is 18.3 Å². The van der Waals surface area contributed by atoms with E-state index in [0.29, 0.717) is 0 Å². The number of para-hydroxylation sites is 1. The van der Waals surface area contributed by atoms with Gasteiger partial charge in [0, 0.05) is 31.9 Å². The lowest BCUT2D eigenvalue weighted by Gasteiger charge is -2.37. The summed E-state index contributed by atoms with van der Waals surface area (Å²) in [6.45, 7) is 5.75. The van der Waals surface area contributed by atoms with Gasteiger partial charge in [-0.25, -0.2) is 0 Å². The van der Waals surface area contributed by atoms with Gasteiger partial charge in [-0.2, -0.15) is 0 Å². The third kappa shape index (κ3) is 3.16. The van der Waals surface area contributed by atoms with E-state index in [4.69, 9.17) is 0 Å². The predicted molar refractivity (Wildman–Crippen MR) is 85.7 cm³/mol. The molecule has 0 radical (unpaired) electrons. The lowest BCUT2D eigenvalue weighted by Crippen LogP contribution is -2.46. The molecule has 1 aromatic carbocycles. The first-order chi connectivity index (χ1) is 10.2. The van der Waals surface area contributed by atoms with Crippen LogP contribution in [0.5, 0.6) is 0 Å². The molecule has 4 heteroatoms. The second kappa shape index (κ2) is 6.14. The van der Waals surface area contributed by atoms with Crippen molar-refractivity contribution in [3.05, 3.63) is 54.4 Å². The van der Waals surface area contributed by atoms with Gasteiger partial charge in [0.05, 0.1) is 23.7 Å². The minimum atomic E-state index is -0.506. The second-order valence-corrected chi connectivity index (χ2v) is 5.43. The summed E-state index contributed by atoms with van der Waals surface area (Å²) in [5.41, 5.74) is 3.15. The number of piperazine rings is 1. The summed E-state index contributed by atoms with van der Waals surface area (Å²) in [7, 11) is 0. The number of aliphatic hydroxyl groups is 1. The molecule has 0 bridgehead atoms. The van der Waals surface area contributed by atoms with Crippen molar-refractivity contribution >= 4 is 11.4 Å². The Kier molecular flexibility index (Phi) is 4.06. The molecule has 1 aliphatic heterocycles. The van der Waals surface area contributed by atoms with Crippen LogP contribution in [0.25, 0.3) is 0 Å². The molecule has 2 aromatic rings. The van der Waals surface area contributed by atoms with Crippen LogP contribution in [0.3, 0.4) is 0 Å². The Hall–Kier alpha value is -2.07. The second-order valence-electron chi connectivity index (χ2n) is 5.43. The van der Waals surface area contributed by atoms with Gasteiger partial charge in [0.15, 0.2) is 0 Å². The Bertz CT molecular complexity index is 560. The van der Waals surface area contributed by atoms with E-state index in [1.54, 1.807) is 6.92 Å². The van der Waals surface area contributed by atoms with E-state index < -0.39 is 6.10 Å². The molecule has 1 aromatic heterocycles. The monoisotopic (exact) mass is 283 g/mol. The summed E-state index contributed by atoms with van der Waals surface area (Å²) in [6, 6.07) is 14.5. The van der Waals surface area contributed by atoms with E-state index in [2.05, 4.69) is 45.1 Å². The molecule has 0 aliphatic carbocycles. The molecule has 4 nitrogen and oxygen atoms in total. The number of rotatable bonds is 3. The van der Waals surface area contributed by atoms with E-state index in [-0.39, 0.29) is 0 Å². The number of benzene rings is 1. The first-order valence-corrected chi connectivity index (χ1v) is 7.43. The van der Waals surface area contributed by atoms with Crippen LogP contribution in [0, 0.1) is 0 Å². The molecule has 1 atom stereocenters. The molecule has 110 valence electrons. The molecule has 0 saturated carbocycles. The molecule has 1 saturated heterocycles. The fourth-order valence-corrected chi connectivity index (χ4v) is 2.69. The van der Waals surface area contributed by atoms with Gasteiger partial charge < -0.3 is 14.9 Å². The van der Waals surface area contributed by atoms with Crippen molar-refractivity contribution in [3.8, 4) is 0 Å². The van der Waals surface area contributed by atoms with E-state index in [9.17, 15) is 5.11 Å². The number of nitrogens with zero attached hydrogens (tertiary/aromatic N) is 3. The molecule has 1 aliphatic rings. The number of hydrogen-bond donors (Lipinski definition) is 1. The van der Waals surface area contributed by atoms with Crippen LogP contribution in [-0.4, -0.2) is 36.3 Å². The highest BCUT2D eigenvalue weighted by Gasteiger charge is 2.17. The smallest absolute Gasteiger partial charge is 0.0931 e. The number of hydrogen-bond acceptors (Lipinski definition) is 4. The molecule has 21 heavy (non-hydrogen) atoms. The highest BCUT2D eigenvalue weighted by Crippen LogP contribution is 2.20. The zero-order valence-electron chi connectivity index (χ0n) is 12.3. The minimum Gasteiger partial charge on any atom is -0.387 e. The molecule has 1 N–H and O–H groups in total. The Morgan fingerprint density at radius 2 is 1.52 bits per heavy atom. The Labute approximate surface area is 125 Å². The van der Waals surface area contributed by atoms with Gasteiger partial charge in [-0.15, -0.1) is 0 Å². The number of aromatic nitrogens is 1. The Morgan fingerprint density at radius 3 is 2.05 bits per heavy atom. The van der Waals surface area contributed by atoms with Gasteiger partial charge in [0.1, 0.15) is 0 Å². The highest BCUT2D eigenvalue weighted by atomic mass is 16.3.